The Morgan fingerprint density at radius 3 is 2.47 bits per heavy atom. The molecule has 2 aromatic carbocycles. The fourth-order valence-corrected chi connectivity index (χ4v) is 2.68. The van der Waals surface area contributed by atoms with E-state index in [1.165, 1.54) is 13.2 Å². The molecule has 0 aliphatic carbocycles. The van der Waals surface area contributed by atoms with Gasteiger partial charge in [-0.05, 0) is 42.8 Å². The van der Waals surface area contributed by atoms with Gasteiger partial charge in [0.25, 0.3) is 0 Å². The highest BCUT2D eigenvalue weighted by Crippen LogP contribution is 2.26. The smallest absolute Gasteiger partial charge is 0.387 e. The molecular weight excluding hydrogens is 396 g/mol. The normalized spacial score (nSPS) is 12.4. The van der Waals surface area contributed by atoms with E-state index in [0.29, 0.717) is 35.1 Å². The average molecular weight is 423 g/mol. The van der Waals surface area contributed by atoms with Gasteiger partial charge in [0.15, 0.2) is 5.96 Å². The van der Waals surface area contributed by atoms with Crippen LogP contribution in [0.1, 0.15) is 24.2 Å². The average Bonchev–Trinajstić information content (AvgIpc) is 2.75. The van der Waals surface area contributed by atoms with Crippen molar-refractivity contribution in [3.8, 4) is 17.2 Å². The number of nitrogens with zero attached hydrogens (tertiary/aromatic N) is 1. The lowest BCUT2D eigenvalue weighted by atomic mass is 10.1. The van der Waals surface area contributed by atoms with E-state index in [0.717, 1.165) is 0 Å². The van der Waals surface area contributed by atoms with Crippen LogP contribution in [0, 0.1) is 0 Å². The number of nitrogens with one attached hydrogen (secondary N) is 2. The fourth-order valence-electron chi connectivity index (χ4n) is 2.68. The second-order valence-corrected chi connectivity index (χ2v) is 6.22. The molecule has 2 rings (SSSR count). The maximum Gasteiger partial charge on any atom is 0.387 e. The van der Waals surface area contributed by atoms with Crippen molar-refractivity contribution < 1.29 is 28.1 Å². The number of guanidine groups is 1. The van der Waals surface area contributed by atoms with Crippen molar-refractivity contribution in [2.75, 3.05) is 27.3 Å². The first-order valence-electron chi connectivity index (χ1n) is 9.42. The van der Waals surface area contributed by atoms with E-state index in [4.69, 9.17) is 9.47 Å². The molecule has 164 valence electrons. The summed E-state index contributed by atoms with van der Waals surface area (Å²) in [4.78, 5) is 4.40. The molecule has 3 N–H and O–H groups in total. The summed E-state index contributed by atoms with van der Waals surface area (Å²) in [5.74, 6) is 1.61. The third-order valence-electron chi connectivity index (χ3n) is 4.18. The summed E-state index contributed by atoms with van der Waals surface area (Å²) < 4.78 is 40.2. The van der Waals surface area contributed by atoms with E-state index in [-0.39, 0.29) is 18.8 Å². The van der Waals surface area contributed by atoms with Crippen molar-refractivity contribution >= 4 is 5.96 Å². The molecule has 7 nitrogen and oxygen atoms in total. The lowest BCUT2D eigenvalue weighted by molar-refractivity contribution is -0.0504. The fraction of sp³-hybridized carbons (Fsp3) is 0.381. The van der Waals surface area contributed by atoms with Crippen molar-refractivity contribution in [1.29, 1.82) is 0 Å². The van der Waals surface area contributed by atoms with Crippen molar-refractivity contribution in [2.24, 2.45) is 4.99 Å². The monoisotopic (exact) mass is 423 g/mol. The van der Waals surface area contributed by atoms with Gasteiger partial charge in [-0.3, -0.25) is 0 Å². The van der Waals surface area contributed by atoms with Gasteiger partial charge in [0.1, 0.15) is 17.2 Å². The molecule has 30 heavy (non-hydrogen) atoms. The Kier molecular flexibility index (Phi) is 9.14. The van der Waals surface area contributed by atoms with Gasteiger partial charge in [0.05, 0.1) is 26.9 Å². The summed E-state index contributed by atoms with van der Waals surface area (Å²) in [5.41, 5.74) is 1.14. The van der Waals surface area contributed by atoms with E-state index >= 15 is 0 Å². The number of hydrogen-bond donors (Lipinski definition) is 3. The van der Waals surface area contributed by atoms with Gasteiger partial charge in [-0.2, -0.15) is 8.78 Å². The Hall–Kier alpha value is -3.07. The molecule has 0 heterocycles. The highest BCUT2D eigenvalue weighted by molar-refractivity contribution is 5.79. The molecule has 0 spiro atoms. The zero-order chi connectivity index (χ0) is 21.9. The molecule has 0 aliphatic heterocycles. The van der Waals surface area contributed by atoms with Crippen LogP contribution in [0.25, 0.3) is 0 Å². The van der Waals surface area contributed by atoms with Crippen molar-refractivity contribution in [3.63, 3.8) is 0 Å². The van der Waals surface area contributed by atoms with E-state index in [1.807, 2.05) is 6.92 Å². The van der Waals surface area contributed by atoms with Crippen LogP contribution in [0.5, 0.6) is 17.2 Å². The first-order valence-corrected chi connectivity index (χ1v) is 9.42. The molecule has 0 saturated carbocycles. The Morgan fingerprint density at radius 1 is 1.07 bits per heavy atom. The number of ether oxygens (including phenoxy) is 3. The van der Waals surface area contributed by atoms with E-state index in [1.54, 1.807) is 43.5 Å². The lowest BCUT2D eigenvalue weighted by Crippen LogP contribution is -2.39. The number of aliphatic hydroxyl groups excluding tert-OH is 1. The van der Waals surface area contributed by atoms with Crippen LogP contribution >= 0.6 is 0 Å². The van der Waals surface area contributed by atoms with Crippen LogP contribution < -0.4 is 24.8 Å². The second kappa shape index (κ2) is 11.8. The SMILES string of the molecule is CCNC(=NCc1cc(OC)ccc1OC(F)F)NCC(O)c1cccc(OC)c1. The largest absolute Gasteiger partial charge is 0.497 e. The van der Waals surface area contributed by atoms with E-state index < -0.39 is 12.7 Å². The number of alkyl halides is 2. The summed E-state index contributed by atoms with van der Waals surface area (Å²) >= 11 is 0. The van der Waals surface area contributed by atoms with Crippen LogP contribution in [0.3, 0.4) is 0 Å². The standard InChI is InChI=1S/C21H27F2N3O4/c1-4-24-21(26-13-18(27)14-6-5-7-16(10-14)28-2)25-12-15-11-17(29-3)8-9-19(15)30-20(22)23/h5-11,18,20,27H,4,12-13H2,1-3H3,(H2,24,25,26). The molecule has 0 saturated heterocycles. The van der Waals surface area contributed by atoms with Crippen LogP contribution in [0.15, 0.2) is 47.5 Å². The number of rotatable bonds is 10. The topological polar surface area (TPSA) is 84.3 Å². The third kappa shape index (κ3) is 7.07. The summed E-state index contributed by atoms with van der Waals surface area (Å²) in [5, 5.41) is 16.5. The highest BCUT2D eigenvalue weighted by Gasteiger charge is 2.12. The first-order chi connectivity index (χ1) is 14.5. The molecule has 1 atom stereocenters. The predicted octanol–water partition coefficient (Wildman–Crippen LogP) is 3.09. The van der Waals surface area contributed by atoms with Crippen LogP contribution in [0.4, 0.5) is 8.78 Å². The Labute approximate surface area is 174 Å². The maximum atomic E-state index is 12.7. The molecule has 2 aromatic rings. The highest BCUT2D eigenvalue weighted by atomic mass is 19.3. The van der Waals surface area contributed by atoms with Crippen LogP contribution in [-0.4, -0.2) is 45.0 Å². The summed E-state index contributed by atoms with van der Waals surface area (Å²) in [6.07, 6.45) is -0.793. The first kappa shape index (κ1) is 23.2. The molecular formula is C21H27F2N3O4. The summed E-state index contributed by atoms with van der Waals surface area (Å²) in [6, 6.07) is 11.7. The number of aliphatic hydroxyl groups is 1. The number of halogens is 2. The molecule has 0 fully saturated rings. The van der Waals surface area contributed by atoms with Gasteiger partial charge in [0, 0.05) is 18.7 Å². The van der Waals surface area contributed by atoms with Gasteiger partial charge < -0.3 is 30.0 Å². The quantitative estimate of drug-likeness (QED) is 0.402. The molecule has 0 aliphatic rings. The van der Waals surface area contributed by atoms with Gasteiger partial charge in [-0.1, -0.05) is 12.1 Å². The van der Waals surface area contributed by atoms with Crippen LogP contribution in [-0.2, 0) is 6.54 Å². The number of aliphatic imine (C=N–C) groups is 1. The van der Waals surface area contributed by atoms with Gasteiger partial charge in [-0.25, -0.2) is 4.99 Å². The van der Waals surface area contributed by atoms with Crippen molar-refractivity contribution in [1.82, 2.24) is 10.6 Å². The Morgan fingerprint density at radius 2 is 1.80 bits per heavy atom. The Bertz CT molecular complexity index is 834. The Balaban J connectivity index is 2.10. The van der Waals surface area contributed by atoms with Gasteiger partial charge in [0.2, 0.25) is 0 Å². The summed E-state index contributed by atoms with van der Waals surface area (Å²) in [6.45, 7) is -0.196. The minimum absolute atomic E-state index is 0.0295. The number of hydrogen-bond acceptors (Lipinski definition) is 5. The van der Waals surface area contributed by atoms with Crippen LogP contribution in [0.2, 0.25) is 0 Å². The number of benzene rings is 2. The van der Waals surface area contributed by atoms with Crippen molar-refractivity contribution in [2.45, 2.75) is 26.2 Å². The molecule has 0 aromatic heterocycles. The molecule has 0 amide bonds. The predicted molar refractivity (Wildman–Crippen MR) is 110 cm³/mol. The zero-order valence-corrected chi connectivity index (χ0v) is 17.2. The minimum Gasteiger partial charge on any atom is -0.497 e. The van der Waals surface area contributed by atoms with E-state index in [2.05, 4.69) is 20.4 Å². The number of methoxy groups -OCH3 is 2. The van der Waals surface area contributed by atoms with Crippen molar-refractivity contribution in [3.05, 3.63) is 53.6 Å². The lowest BCUT2D eigenvalue weighted by Gasteiger charge is -2.16. The summed E-state index contributed by atoms with van der Waals surface area (Å²) in [7, 11) is 3.05. The molecule has 0 bridgehead atoms. The molecule has 9 heteroatoms. The van der Waals surface area contributed by atoms with E-state index in [9.17, 15) is 13.9 Å². The van der Waals surface area contributed by atoms with Gasteiger partial charge in [-0.15, -0.1) is 0 Å². The third-order valence-corrected chi connectivity index (χ3v) is 4.18. The maximum absolute atomic E-state index is 12.7. The zero-order valence-electron chi connectivity index (χ0n) is 17.2. The second-order valence-electron chi connectivity index (χ2n) is 6.22. The van der Waals surface area contributed by atoms with Gasteiger partial charge >= 0.3 is 6.61 Å². The molecule has 1 unspecified atom stereocenters. The molecule has 0 radical (unpaired) electrons. The minimum atomic E-state index is -2.94.